The summed E-state index contributed by atoms with van der Waals surface area (Å²) in [4.78, 5) is 11.4. The molecule has 0 bridgehead atoms. The van der Waals surface area contributed by atoms with E-state index in [1.165, 1.54) is 24.3 Å². The fourth-order valence-corrected chi connectivity index (χ4v) is 5.11. The molecule has 0 heterocycles. The summed E-state index contributed by atoms with van der Waals surface area (Å²) >= 11 is 11.6. The highest BCUT2D eigenvalue weighted by molar-refractivity contribution is 7.92. The van der Waals surface area contributed by atoms with Crippen LogP contribution in [0, 0.1) is 5.92 Å². The molecule has 2 aromatic carbocycles. The van der Waals surface area contributed by atoms with Crippen molar-refractivity contribution < 1.29 is 13.2 Å². The Morgan fingerprint density at radius 1 is 0.864 bits per heavy atom. The first-order chi connectivity index (χ1) is 10.4. The fraction of sp³-hybridized carbons (Fsp3) is 0.188. The van der Waals surface area contributed by atoms with Crippen molar-refractivity contribution in [1.82, 2.24) is 0 Å². The van der Waals surface area contributed by atoms with Gasteiger partial charge in [0.1, 0.15) is 6.29 Å². The van der Waals surface area contributed by atoms with Gasteiger partial charge in [0.25, 0.3) is 0 Å². The second-order valence-electron chi connectivity index (χ2n) is 5.25. The Balaban J connectivity index is 1.95. The molecule has 0 unspecified atom stereocenters. The van der Waals surface area contributed by atoms with E-state index in [1.807, 2.05) is 0 Å². The van der Waals surface area contributed by atoms with Crippen LogP contribution in [-0.2, 0) is 14.6 Å². The minimum Gasteiger partial charge on any atom is -0.303 e. The Morgan fingerprint density at radius 2 is 1.36 bits per heavy atom. The molecule has 2 aromatic rings. The molecule has 3 rings (SSSR count). The maximum absolute atomic E-state index is 12.7. The average Bonchev–Trinajstić information content (AvgIpc) is 3.24. The van der Waals surface area contributed by atoms with Gasteiger partial charge in [-0.3, -0.25) is 0 Å². The van der Waals surface area contributed by atoms with Crippen molar-refractivity contribution >= 4 is 39.3 Å². The van der Waals surface area contributed by atoms with Crippen LogP contribution in [0.15, 0.2) is 53.4 Å². The largest absolute Gasteiger partial charge is 0.303 e. The SMILES string of the molecule is O=C[C@H]1[C@@H](c2ccc(Cl)cc2)[C@@H]1S(=O)(=O)c1ccc(Cl)cc1. The van der Waals surface area contributed by atoms with Gasteiger partial charge in [-0.25, -0.2) is 8.42 Å². The summed E-state index contributed by atoms with van der Waals surface area (Å²) in [5.74, 6) is -0.850. The fourth-order valence-electron chi connectivity index (χ4n) is 2.75. The lowest BCUT2D eigenvalue weighted by Gasteiger charge is -2.04. The number of sulfone groups is 1. The summed E-state index contributed by atoms with van der Waals surface area (Å²) in [5, 5.41) is 0.312. The third-order valence-electron chi connectivity index (χ3n) is 3.92. The Bertz CT molecular complexity index is 798. The summed E-state index contributed by atoms with van der Waals surface area (Å²) < 4.78 is 25.4. The number of carbonyl (C=O) groups is 1. The molecule has 6 heteroatoms. The van der Waals surface area contributed by atoms with E-state index in [2.05, 4.69) is 0 Å². The number of halogens is 2. The Kier molecular flexibility index (Phi) is 4.02. The third-order valence-corrected chi connectivity index (χ3v) is 6.68. The van der Waals surface area contributed by atoms with Crippen molar-refractivity contribution in [1.29, 1.82) is 0 Å². The number of benzene rings is 2. The molecule has 1 fully saturated rings. The lowest BCUT2D eigenvalue weighted by atomic mass is 10.1. The topological polar surface area (TPSA) is 51.2 Å². The minimum absolute atomic E-state index is 0.185. The standard InChI is InChI=1S/C16H12Cl2O3S/c17-11-3-1-10(2-4-11)15-14(9-19)16(15)22(20,21)13-7-5-12(18)6-8-13/h1-9,14-16H/t14-,15+,16+/m0/s1. The normalized spacial score (nSPS) is 24.0. The summed E-state index contributed by atoms with van der Waals surface area (Å²) in [6.07, 6.45) is 0.720. The summed E-state index contributed by atoms with van der Waals surface area (Å²) in [6, 6.07) is 12.9. The van der Waals surface area contributed by atoms with E-state index in [0.29, 0.717) is 10.0 Å². The molecular formula is C16H12Cl2O3S. The van der Waals surface area contributed by atoms with Crippen molar-refractivity contribution in [3.63, 3.8) is 0 Å². The molecule has 3 atom stereocenters. The molecule has 0 saturated heterocycles. The third kappa shape index (κ3) is 2.67. The van der Waals surface area contributed by atoms with Crippen molar-refractivity contribution in [2.24, 2.45) is 5.92 Å². The van der Waals surface area contributed by atoms with Gasteiger partial charge in [-0.2, -0.15) is 0 Å². The van der Waals surface area contributed by atoms with E-state index in [-0.39, 0.29) is 10.8 Å². The summed E-state index contributed by atoms with van der Waals surface area (Å²) in [7, 11) is -3.57. The first-order valence-corrected chi connectivity index (χ1v) is 8.95. The van der Waals surface area contributed by atoms with E-state index < -0.39 is 21.0 Å². The van der Waals surface area contributed by atoms with Crippen LogP contribution in [0.2, 0.25) is 10.0 Å². The number of aldehydes is 1. The van der Waals surface area contributed by atoms with Gasteiger partial charge >= 0.3 is 0 Å². The highest BCUT2D eigenvalue weighted by Crippen LogP contribution is 2.52. The van der Waals surface area contributed by atoms with Gasteiger partial charge in [0.2, 0.25) is 0 Å². The van der Waals surface area contributed by atoms with Gasteiger partial charge in [0, 0.05) is 21.9 Å². The van der Waals surface area contributed by atoms with E-state index in [4.69, 9.17) is 23.2 Å². The summed E-state index contributed by atoms with van der Waals surface area (Å²) in [6.45, 7) is 0. The van der Waals surface area contributed by atoms with Crippen LogP contribution in [0.1, 0.15) is 11.5 Å². The molecule has 0 aliphatic heterocycles. The zero-order valence-corrected chi connectivity index (χ0v) is 13.6. The molecule has 0 N–H and O–H groups in total. The van der Waals surface area contributed by atoms with Crippen molar-refractivity contribution in [2.45, 2.75) is 16.1 Å². The molecule has 1 saturated carbocycles. The van der Waals surface area contributed by atoms with E-state index in [0.717, 1.165) is 11.8 Å². The van der Waals surface area contributed by atoms with Crippen LogP contribution in [0.4, 0.5) is 0 Å². The second kappa shape index (κ2) is 5.69. The van der Waals surface area contributed by atoms with Crippen LogP contribution in [0.5, 0.6) is 0 Å². The zero-order valence-electron chi connectivity index (χ0n) is 11.3. The first kappa shape index (κ1) is 15.5. The zero-order chi connectivity index (χ0) is 15.9. The molecule has 0 aromatic heterocycles. The molecule has 0 amide bonds. The smallest absolute Gasteiger partial charge is 0.182 e. The molecule has 22 heavy (non-hydrogen) atoms. The van der Waals surface area contributed by atoms with Crippen LogP contribution in [-0.4, -0.2) is 20.0 Å². The Hall–Kier alpha value is -1.36. The van der Waals surface area contributed by atoms with Crippen molar-refractivity contribution in [3.8, 4) is 0 Å². The maximum Gasteiger partial charge on any atom is 0.182 e. The lowest BCUT2D eigenvalue weighted by molar-refractivity contribution is -0.108. The molecule has 0 radical (unpaired) electrons. The van der Waals surface area contributed by atoms with Crippen LogP contribution in [0.25, 0.3) is 0 Å². The van der Waals surface area contributed by atoms with Crippen molar-refractivity contribution in [3.05, 3.63) is 64.1 Å². The van der Waals surface area contributed by atoms with Crippen LogP contribution in [0.3, 0.4) is 0 Å². The van der Waals surface area contributed by atoms with E-state index in [1.54, 1.807) is 24.3 Å². The van der Waals surface area contributed by atoms with Gasteiger partial charge in [0.05, 0.1) is 10.1 Å². The van der Waals surface area contributed by atoms with Crippen LogP contribution >= 0.6 is 23.2 Å². The van der Waals surface area contributed by atoms with Gasteiger partial charge in [-0.05, 0) is 42.0 Å². The van der Waals surface area contributed by atoms with Gasteiger partial charge in [0.15, 0.2) is 9.84 Å². The molecule has 0 spiro atoms. The molecule has 114 valence electrons. The highest BCUT2D eigenvalue weighted by Gasteiger charge is 2.58. The highest BCUT2D eigenvalue weighted by atomic mass is 35.5. The molecule has 1 aliphatic carbocycles. The maximum atomic E-state index is 12.7. The minimum atomic E-state index is -3.57. The van der Waals surface area contributed by atoms with Crippen molar-refractivity contribution in [2.75, 3.05) is 0 Å². The number of rotatable bonds is 4. The van der Waals surface area contributed by atoms with Gasteiger partial charge < -0.3 is 4.79 Å². The first-order valence-electron chi connectivity index (χ1n) is 6.65. The summed E-state index contributed by atoms with van der Waals surface area (Å²) in [5.41, 5.74) is 0.809. The average molecular weight is 355 g/mol. The Morgan fingerprint density at radius 3 is 1.86 bits per heavy atom. The lowest BCUT2D eigenvalue weighted by Crippen LogP contribution is -2.10. The number of hydrogen-bond acceptors (Lipinski definition) is 3. The quantitative estimate of drug-likeness (QED) is 0.785. The molecular weight excluding hydrogens is 343 g/mol. The van der Waals surface area contributed by atoms with Crippen LogP contribution < -0.4 is 0 Å². The number of hydrogen-bond donors (Lipinski definition) is 0. The predicted molar refractivity (Wildman–Crippen MR) is 86.2 cm³/mol. The molecule has 3 nitrogen and oxygen atoms in total. The Labute approximate surface area is 138 Å². The second-order valence-corrected chi connectivity index (χ2v) is 8.23. The number of carbonyl (C=O) groups excluding carboxylic acids is 1. The van der Waals surface area contributed by atoms with E-state index in [9.17, 15) is 13.2 Å². The van der Waals surface area contributed by atoms with E-state index >= 15 is 0 Å². The van der Waals surface area contributed by atoms with Gasteiger partial charge in [-0.15, -0.1) is 0 Å². The monoisotopic (exact) mass is 354 g/mol. The van der Waals surface area contributed by atoms with Gasteiger partial charge in [-0.1, -0.05) is 35.3 Å². The molecule has 1 aliphatic rings. The predicted octanol–water partition coefficient (Wildman–Crippen LogP) is 3.75.